The lowest BCUT2D eigenvalue weighted by atomic mass is 10.1. The summed E-state index contributed by atoms with van der Waals surface area (Å²) in [5.74, 6) is 0.471. The van der Waals surface area contributed by atoms with Crippen LogP contribution in [0.4, 0.5) is 5.69 Å². The number of carbonyl (C=O) groups is 1. The number of hydrogen-bond acceptors (Lipinski definition) is 4. The van der Waals surface area contributed by atoms with Gasteiger partial charge in [-0.05, 0) is 31.1 Å². The fraction of sp³-hybridized carbons (Fsp3) is 0.438. The molecule has 2 N–H and O–H groups in total. The van der Waals surface area contributed by atoms with Crippen molar-refractivity contribution in [2.24, 2.45) is 0 Å². The third-order valence-electron chi connectivity index (χ3n) is 3.49. The van der Waals surface area contributed by atoms with Crippen molar-refractivity contribution in [1.29, 1.82) is 0 Å². The van der Waals surface area contributed by atoms with Gasteiger partial charge in [0, 0.05) is 25.9 Å². The molecule has 0 aromatic heterocycles. The number of nitrogens with two attached hydrogens (primary N) is 1. The van der Waals surface area contributed by atoms with Crippen LogP contribution in [0, 0.1) is 0 Å². The Bertz CT molecular complexity index is 540. The highest BCUT2D eigenvalue weighted by atomic mass is 16.5. The molecule has 0 unspecified atom stereocenters. The SMILES string of the molecule is CCOc1cccc(N)c1C(=O)N1CC=C(COC)CC1. The van der Waals surface area contributed by atoms with Gasteiger partial charge in [0.05, 0.1) is 13.2 Å². The molecule has 0 fully saturated rings. The zero-order valence-corrected chi connectivity index (χ0v) is 12.6. The summed E-state index contributed by atoms with van der Waals surface area (Å²) in [5.41, 5.74) is 8.12. The Hall–Kier alpha value is -2.01. The van der Waals surface area contributed by atoms with Gasteiger partial charge in [0.2, 0.25) is 0 Å². The molecule has 1 aromatic carbocycles. The highest BCUT2D eigenvalue weighted by Gasteiger charge is 2.23. The number of anilines is 1. The van der Waals surface area contributed by atoms with Crippen LogP contribution in [0.3, 0.4) is 0 Å². The van der Waals surface area contributed by atoms with Gasteiger partial charge >= 0.3 is 0 Å². The van der Waals surface area contributed by atoms with Crippen molar-refractivity contribution in [2.45, 2.75) is 13.3 Å². The Labute approximate surface area is 125 Å². The fourth-order valence-electron chi connectivity index (χ4n) is 2.42. The Morgan fingerprint density at radius 2 is 2.24 bits per heavy atom. The first-order valence-electron chi connectivity index (χ1n) is 7.14. The highest BCUT2D eigenvalue weighted by molar-refractivity contribution is 6.02. The number of rotatable bonds is 5. The van der Waals surface area contributed by atoms with E-state index in [-0.39, 0.29) is 5.91 Å². The van der Waals surface area contributed by atoms with Gasteiger partial charge in [0.1, 0.15) is 11.3 Å². The number of ether oxygens (including phenoxy) is 2. The summed E-state index contributed by atoms with van der Waals surface area (Å²) in [6, 6.07) is 5.30. The van der Waals surface area contributed by atoms with Crippen LogP contribution in [-0.4, -0.2) is 44.2 Å². The summed E-state index contributed by atoms with van der Waals surface area (Å²) in [6.07, 6.45) is 2.88. The van der Waals surface area contributed by atoms with Gasteiger partial charge < -0.3 is 20.1 Å². The van der Waals surface area contributed by atoms with Crippen LogP contribution in [0.2, 0.25) is 0 Å². The van der Waals surface area contributed by atoms with Crippen LogP contribution >= 0.6 is 0 Å². The molecule has 0 atom stereocenters. The predicted octanol–water partition coefficient (Wildman–Crippen LogP) is 2.09. The van der Waals surface area contributed by atoms with Crippen molar-refractivity contribution < 1.29 is 14.3 Å². The maximum atomic E-state index is 12.7. The van der Waals surface area contributed by atoms with Crippen molar-refractivity contribution in [2.75, 3.05) is 39.1 Å². The van der Waals surface area contributed by atoms with Gasteiger partial charge in [-0.3, -0.25) is 4.79 Å². The summed E-state index contributed by atoms with van der Waals surface area (Å²) in [6.45, 7) is 4.27. The van der Waals surface area contributed by atoms with Crippen LogP contribution in [-0.2, 0) is 4.74 Å². The number of amides is 1. The minimum Gasteiger partial charge on any atom is -0.493 e. The number of carbonyl (C=O) groups excluding carboxylic acids is 1. The first-order valence-corrected chi connectivity index (χ1v) is 7.14. The number of nitrogens with zero attached hydrogens (tertiary/aromatic N) is 1. The van der Waals surface area contributed by atoms with E-state index in [1.54, 1.807) is 30.2 Å². The number of nitrogen functional groups attached to an aromatic ring is 1. The molecule has 1 aromatic rings. The Balaban J connectivity index is 2.18. The average Bonchev–Trinajstić information content (AvgIpc) is 2.48. The zero-order chi connectivity index (χ0) is 15.2. The van der Waals surface area contributed by atoms with Crippen molar-refractivity contribution >= 4 is 11.6 Å². The molecule has 0 saturated carbocycles. The maximum absolute atomic E-state index is 12.7. The van der Waals surface area contributed by atoms with E-state index < -0.39 is 0 Å². The first kappa shape index (κ1) is 15.4. The third-order valence-corrected chi connectivity index (χ3v) is 3.49. The van der Waals surface area contributed by atoms with Gasteiger partial charge in [-0.1, -0.05) is 12.1 Å². The smallest absolute Gasteiger partial charge is 0.260 e. The van der Waals surface area contributed by atoms with E-state index >= 15 is 0 Å². The van der Waals surface area contributed by atoms with Crippen molar-refractivity contribution in [3.05, 3.63) is 35.4 Å². The molecule has 5 nitrogen and oxygen atoms in total. The molecule has 0 aliphatic carbocycles. The largest absolute Gasteiger partial charge is 0.493 e. The topological polar surface area (TPSA) is 64.8 Å². The van der Waals surface area contributed by atoms with Gasteiger partial charge in [-0.2, -0.15) is 0 Å². The number of benzene rings is 1. The quantitative estimate of drug-likeness (QED) is 0.666. The molecule has 0 saturated heterocycles. The van der Waals surface area contributed by atoms with Crippen LogP contribution < -0.4 is 10.5 Å². The molecule has 1 aliphatic rings. The summed E-state index contributed by atoms with van der Waals surface area (Å²) in [4.78, 5) is 14.5. The average molecular weight is 290 g/mol. The second-order valence-corrected chi connectivity index (χ2v) is 4.95. The number of hydrogen-bond donors (Lipinski definition) is 1. The molecular weight excluding hydrogens is 268 g/mol. The highest BCUT2D eigenvalue weighted by Crippen LogP contribution is 2.27. The summed E-state index contributed by atoms with van der Waals surface area (Å²) in [7, 11) is 1.68. The predicted molar refractivity (Wildman–Crippen MR) is 82.5 cm³/mol. The second-order valence-electron chi connectivity index (χ2n) is 4.95. The van der Waals surface area contributed by atoms with E-state index in [2.05, 4.69) is 0 Å². The van der Waals surface area contributed by atoms with Gasteiger partial charge in [-0.15, -0.1) is 0 Å². The lowest BCUT2D eigenvalue weighted by Gasteiger charge is -2.27. The fourth-order valence-corrected chi connectivity index (χ4v) is 2.42. The minimum absolute atomic E-state index is 0.0794. The zero-order valence-electron chi connectivity index (χ0n) is 12.6. The van der Waals surface area contributed by atoms with Crippen LogP contribution in [0.1, 0.15) is 23.7 Å². The van der Waals surface area contributed by atoms with Crippen molar-refractivity contribution in [3.63, 3.8) is 0 Å². The van der Waals surface area contributed by atoms with E-state index in [1.165, 1.54) is 5.57 Å². The molecule has 0 radical (unpaired) electrons. The van der Waals surface area contributed by atoms with Gasteiger partial charge in [0.25, 0.3) is 5.91 Å². The van der Waals surface area contributed by atoms with Crippen molar-refractivity contribution in [1.82, 2.24) is 4.90 Å². The van der Waals surface area contributed by atoms with Crippen LogP contribution in [0.25, 0.3) is 0 Å². The molecule has 114 valence electrons. The maximum Gasteiger partial charge on any atom is 0.260 e. The Morgan fingerprint density at radius 1 is 1.43 bits per heavy atom. The molecule has 2 rings (SSSR count). The first-order chi connectivity index (χ1) is 10.2. The van der Waals surface area contributed by atoms with Crippen molar-refractivity contribution in [3.8, 4) is 5.75 Å². The molecular formula is C16H22N2O3. The summed E-state index contributed by atoms with van der Waals surface area (Å²) in [5, 5.41) is 0. The van der Waals surface area contributed by atoms with E-state index in [0.29, 0.717) is 43.3 Å². The normalized spacial score (nSPS) is 14.8. The molecule has 1 amide bonds. The summed E-state index contributed by atoms with van der Waals surface area (Å²) < 4.78 is 10.6. The van der Waals surface area contributed by atoms with E-state index in [0.717, 1.165) is 6.42 Å². The monoisotopic (exact) mass is 290 g/mol. The van der Waals surface area contributed by atoms with Crippen LogP contribution in [0.15, 0.2) is 29.8 Å². The second kappa shape index (κ2) is 7.13. The lowest BCUT2D eigenvalue weighted by molar-refractivity contribution is 0.0762. The van der Waals surface area contributed by atoms with Gasteiger partial charge in [0.15, 0.2) is 0 Å². The van der Waals surface area contributed by atoms with E-state index in [9.17, 15) is 4.79 Å². The van der Waals surface area contributed by atoms with E-state index in [1.807, 2.05) is 13.0 Å². The molecule has 1 aliphatic heterocycles. The van der Waals surface area contributed by atoms with Gasteiger partial charge in [-0.25, -0.2) is 0 Å². The Kier molecular flexibility index (Phi) is 5.22. The molecule has 0 bridgehead atoms. The molecule has 1 heterocycles. The number of methoxy groups -OCH3 is 1. The lowest BCUT2D eigenvalue weighted by Crippen LogP contribution is -2.36. The standard InChI is InChI=1S/C16H22N2O3/c1-3-21-14-6-4-5-13(17)15(14)16(19)18-9-7-12(8-10-18)11-20-2/h4-7H,3,8-11,17H2,1-2H3. The van der Waals surface area contributed by atoms with E-state index in [4.69, 9.17) is 15.2 Å². The third kappa shape index (κ3) is 3.55. The van der Waals surface area contributed by atoms with Crippen LogP contribution in [0.5, 0.6) is 5.75 Å². The molecule has 5 heteroatoms. The Morgan fingerprint density at radius 3 is 2.86 bits per heavy atom. The molecule has 21 heavy (non-hydrogen) atoms. The minimum atomic E-state index is -0.0794. The summed E-state index contributed by atoms with van der Waals surface area (Å²) >= 11 is 0. The molecule has 0 spiro atoms.